The van der Waals surface area contributed by atoms with E-state index in [1.165, 1.54) is 18.2 Å². The molecular weight excluding hydrogens is 355 g/mol. The van der Waals surface area contributed by atoms with Crippen molar-refractivity contribution in [2.75, 3.05) is 5.32 Å². The first-order valence-electron chi connectivity index (χ1n) is 8.51. The third-order valence-corrected chi connectivity index (χ3v) is 4.17. The molecule has 0 radical (unpaired) electrons. The molecule has 0 saturated heterocycles. The summed E-state index contributed by atoms with van der Waals surface area (Å²) < 4.78 is 45.2. The molecule has 0 aliphatic rings. The molecular formula is C21H18F3NO2. The van der Waals surface area contributed by atoms with Gasteiger partial charge in [0.25, 0.3) is 5.91 Å². The Morgan fingerprint density at radius 2 is 1.67 bits per heavy atom. The fourth-order valence-corrected chi connectivity index (χ4v) is 2.83. The van der Waals surface area contributed by atoms with Gasteiger partial charge in [-0.2, -0.15) is 13.2 Å². The van der Waals surface area contributed by atoms with Crippen LogP contribution >= 0.6 is 0 Å². The zero-order valence-electron chi connectivity index (χ0n) is 14.6. The van der Waals surface area contributed by atoms with Gasteiger partial charge in [0, 0.05) is 5.39 Å². The van der Waals surface area contributed by atoms with Gasteiger partial charge in [0.05, 0.1) is 11.3 Å². The van der Waals surface area contributed by atoms with Crippen LogP contribution in [-0.4, -0.2) is 12.0 Å². The highest BCUT2D eigenvalue weighted by Crippen LogP contribution is 2.35. The van der Waals surface area contributed by atoms with E-state index in [0.717, 1.165) is 16.8 Å². The molecule has 1 N–H and O–H groups in total. The molecule has 3 aromatic carbocycles. The summed E-state index contributed by atoms with van der Waals surface area (Å²) in [6, 6.07) is 17.9. The molecule has 0 aromatic heterocycles. The first-order chi connectivity index (χ1) is 12.9. The van der Waals surface area contributed by atoms with Crippen LogP contribution in [0.5, 0.6) is 5.75 Å². The van der Waals surface area contributed by atoms with E-state index < -0.39 is 23.8 Å². The van der Waals surface area contributed by atoms with Crippen LogP contribution in [0.15, 0.2) is 66.7 Å². The summed E-state index contributed by atoms with van der Waals surface area (Å²) in [7, 11) is 0. The quantitative estimate of drug-likeness (QED) is 0.627. The summed E-state index contributed by atoms with van der Waals surface area (Å²) in [5.41, 5.74) is -1.17. The molecule has 3 rings (SSSR count). The second-order valence-electron chi connectivity index (χ2n) is 6.02. The molecule has 27 heavy (non-hydrogen) atoms. The Balaban J connectivity index is 1.83. The van der Waals surface area contributed by atoms with Crippen molar-refractivity contribution >= 4 is 22.4 Å². The Labute approximate surface area is 154 Å². The molecule has 3 aromatic rings. The Hall–Kier alpha value is -3.02. The lowest BCUT2D eigenvalue weighted by molar-refractivity contribution is -0.137. The lowest BCUT2D eigenvalue weighted by Crippen LogP contribution is -2.33. The number of rotatable bonds is 5. The van der Waals surface area contributed by atoms with Crippen LogP contribution in [0.1, 0.15) is 18.9 Å². The molecule has 0 unspecified atom stereocenters. The van der Waals surface area contributed by atoms with Gasteiger partial charge >= 0.3 is 6.18 Å². The second kappa shape index (κ2) is 7.70. The molecule has 0 aliphatic carbocycles. The van der Waals surface area contributed by atoms with Gasteiger partial charge in [-0.05, 0) is 30.0 Å². The van der Waals surface area contributed by atoms with Crippen molar-refractivity contribution < 1.29 is 22.7 Å². The van der Waals surface area contributed by atoms with Crippen molar-refractivity contribution in [3.63, 3.8) is 0 Å². The average molecular weight is 373 g/mol. The highest BCUT2D eigenvalue weighted by molar-refractivity contribution is 5.95. The van der Waals surface area contributed by atoms with Crippen molar-refractivity contribution in [1.82, 2.24) is 0 Å². The van der Waals surface area contributed by atoms with Crippen LogP contribution < -0.4 is 10.1 Å². The lowest BCUT2D eigenvalue weighted by Gasteiger charge is -2.20. The third kappa shape index (κ3) is 4.22. The smallest absolute Gasteiger partial charge is 0.418 e. The first-order valence-corrected chi connectivity index (χ1v) is 8.51. The van der Waals surface area contributed by atoms with E-state index in [1.807, 2.05) is 30.3 Å². The predicted molar refractivity (Wildman–Crippen MR) is 98.7 cm³/mol. The van der Waals surface area contributed by atoms with E-state index in [9.17, 15) is 18.0 Å². The SMILES string of the molecule is CC[C@H](Oc1cccc2ccccc12)C(=O)Nc1ccccc1C(F)(F)F. The van der Waals surface area contributed by atoms with Crippen LogP contribution in [0.25, 0.3) is 10.8 Å². The van der Waals surface area contributed by atoms with E-state index in [-0.39, 0.29) is 5.69 Å². The van der Waals surface area contributed by atoms with Gasteiger partial charge in [-0.15, -0.1) is 0 Å². The molecule has 0 bridgehead atoms. The number of carbonyl (C=O) groups excluding carboxylic acids is 1. The molecule has 140 valence electrons. The van der Waals surface area contributed by atoms with Crippen LogP contribution in [-0.2, 0) is 11.0 Å². The van der Waals surface area contributed by atoms with E-state index >= 15 is 0 Å². The van der Waals surface area contributed by atoms with Crippen LogP contribution in [0.4, 0.5) is 18.9 Å². The highest BCUT2D eigenvalue weighted by Gasteiger charge is 2.34. The number of hydrogen-bond acceptors (Lipinski definition) is 2. The number of anilines is 1. The number of hydrogen-bond donors (Lipinski definition) is 1. The monoisotopic (exact) mass is 373 g/mol. The zero-order chi connectivity index (χ0) is 19.4. The lowest BCUT2D eigenvalue weighted by atomic mass is 10.1. The summed E-state index contributed by atoms with van der Waals surface area (Å²) >= 11 is 0. The normalized spacial score (nSPS) is 12.6. The number of carbonyl (C=O) groups is 1. The van der Waals surface area contributed by atoms with Crippen molar-refractivity contribution in [1.29, 1.82) is 0 Å². The van der Waals surface area contributed by atoms with Gasteiger partial charge in [-0.25, -0.2) is 0 Å². The summed E-state index contributed by atoms with van der Waals surface area (Å²) in [5.74, 6) is -0.110. The van der Waals surface area contributed by atoms with Crippen LogP contribution in [0.2, 0.25) is 0 Å². The van der Waals surface area contributed by atoms with E-state index in [4.69, 9.17) is 4.74 Å². The molecule has 1 atom stereocenters. The molecule has 1 amide bonds. The third-order valence-electron chi connectivity index (χ3n) is 4.17. The Kier molecular flexibility index (Phi) is 5.35. The molecule has 0 aliphatic heterocycles. The molecule has 0 spiro atoms. The average Bonchev–Trinajstić information content (AvgIpc) is 2.65. The summed E-state index contributed by atoms with van der Waals surface area (Å²) in [6.07, 6.45) is -5.16. The fourth-order valence-electron chi connectivity index (χ4n) is 2.83. The fraction of sp³-hybridized carbons (Fsp3) is 0.190. The van der Waals surface area contributed by atoms with Gasteiger partial charge in [0.15, 0.2) is 6.10 Å². The van der Waals surface area contributed by atoms with Crippen molar-refractivity contribution in [2.45, 2.75) is 25.6 Å². The minimum Gasteiger partial charge on any atom is -0.480 e. The zero-order valence-corrected chi connectivity index (χ0v) is 14.6. The minimum absolute atomic E-state index is 0.282. The maximum absolute atomic E-state index is 13.1. The number of alkyl halides is 3. The van der Waals surface area contributed by atoms with Crippen molar-refractivity contribution in [3.05, 3.63) is 72.3 Å². The first kappa shape index (κ1) is 18.8. The number of nitrogens with one attached hydrogen (secondary N) is 1. The van der Waals surface area contributed by atoms with E-state index in [0.29, 0.717) is 12.2 Å². The van der Waals surface area contributed by atoms with Gasteiger partial charge in [-0.1, -0.05) is 55.5 Å². The second-order valence-corrected chi connectivity index (χ2v) is 6.02. The van der Waals surface area contributed by atoms with E-state index in [1.54, 1.807) is 19.1 Å². The van der Waals surface area contributed by atoms with Crippen molar-refractivity contribution in [3.8, 4) is 5.75 Å². The predicted octanol–water partition coefficient (Wildman–Crippen LogP) is 5.65. The number of para-hydroxylation sites is 1. The van der Waals surface area contributed by atoms with E-state index in [2.05, 4.69) is 5.32 Å². The number of amides is 1. The van der Waals surface area contributed by atoms with Crippen LogP contribution in [0, 0.1) is 0 Å². The molecule has 3 nitrogen and oxygen atoms in total. The van der Waals surface area contributed by atoms with Gasteiger partial charge in [0.2, 0.25) is 0 Å². The largest absolute Gasteiger partial charge is 0.480 e. The van der Waals surface area contributed by atoms with Crippen molar-refractivity contribution in [2.24, 2.45) is 0 Å². The molecule has 6 heteroatoms. The maximum Gasteiger partial charge on any atom is 0.418 e. The van der Waals surface area contributed by atoms with Crippen LogP contribution in [0.3, 0.4) is 0 Å². The Morgan fingerprint density at radius 1 is 1.00 bits per heavy atom. The number of fused-ring (bicyclic) bond motifs is 1. The van der Waals surface area contributed by atoms with Gasteiger partial charge in [-0.3, -0.25) is 4.79 Å². The maximum atomic E-state index is 13.1. The Bertz CT molecular complexity index is 948. The van der Waals surface area contributed by atoms with Gasteiger partial charge in [0.1, 0.15) is 5.75 Å². The number of benzene rings is 3. The molecule has 0 fully saturated rings. The van der Waals surface area contributed by atoms with Gasteiger partial charge < -0.3 is 10.1 Å². The molecule has 0 saturated carbocycles. The topological polar surface area (TPSA) is 38.3 Å². The summed E-state index contributed by atoms with van der Waals surface area (Å²) in [4.78, 5) is 12.6. The highest BCUT2D eigenvalue weighted by atomic mass is 19.4. The standard InChI is InChI=1S/C21H18F3NO2/c1-2-18(27-19-13-7-9-14-8-3-4-10-15(14)19)20(26)25-17-12-6-5-11-16(17)21(22,23)24/h3-13,18H,2H2,1H3,(H,25,26)/t18-/m0/s1. The number of ether oxygens (including phenoxy) is 1. The Morgan fingerprint density at radius 3 is 2.41 bits per heavy atom. The minimum atomic E-state index is -4.55. The summed E-state index contributed by atoms with van der Waals surface area (Å²) in [6.45, 7) is 1.74. The molecule has 0 heterocycles. The number of halogens is 3. The summed E-state index contributed by atoms with van der Waals surface area (Å²) in [5, 5.41) is 4.14.